The standard InChI is InChI=1S/C23H25F4N7O.C2HF3O2/c1-14-10-33-12-18(17(24)9-20(33)29-14)30-22(35)34-6-4-16-19(3-5-28-21(16)34)31-7-8-32(15(2)11-31)13-23(25,26)27;3-2(4,5)1(6)7/h3,5,9-10,12,15H,4,6-8,11,13H2,1-2H3,(H,30,35);(H,6,7)/t15-;/m0./s1. The van der Waals surface area contributed by atoms with Crippen molar-refractivity contribution in [3.8, 4) is 0 Å². The Kier molecular flexibility index (Phi) is 8.52. The fourth-order valence-corrected chi connectivity index (χ4v) is 4.86. The van der Waals surface area contributed by atoms with Crippen LogP contribution < -0.4 is 15.1 Å². The summed E-state index contributed by atoms with van der Waals surface area (Å²) < 4.78 is 86.5. The molecule has 0 spiro atoms. The molecular weight excluding hydrogens is 579 g/mol. The first-order valence-corrected chi connectivity index (χ1v) is 12.6. The van der Waals surface area contributed by atoms with E-state index in [2.05, 4.69) is 20.2 Å². The third-order valence-corrected chi connectivity index (χ3v) is 6.73. The van der Waals surface area contributed by atoms with Crippen LogP contribution in [0.3, 0.4) is 0 Å². The summed E-state index contributed by atoms with van der Waals surface area (Å²) >= 11 is 0. The van der Waals surface area contributed by atoms with Crippen LogP contribution in [-0.2, 0) is 11.2 Å². The number of carbonyl (C=O) groups excluding carboxylic acids is 1. The van der Waals surface area contributed by atoms with Crippen LogP contribution in [0.1, 0.15) is 18.2 Å². The van der Waals surface area contributed by atoms with Crippen LogP contribution in [0.2, 0.25) is 0 Å². The predicted molar refractivity (Wildman–Crippen MR) is 137 cm³/mol. The number of piperazine rings is 1. The number of hydrogen-bond donors (Lipinski definition) is 2. The van der Waals surface area contributed by atoms with Crippen LogP contribution in [0.25, 0.3) is 5.65 Å². The number of fused-ring (bicyclic) bond motifs is 2. The summed E-state index contributed by atoms with van der Waals surface area (Å²) in [6.45, 7) is 4.19. The lowest BCUT2D eigenvalue weighted by Gasteiger charge is -2.41. The lowest BCUT2D eigenvalue weighted by Crippen LogP contribution is -2.54. The molecule has 3 aromatic heterocycles. The first kappa shape index (κ1) is 30.8. The van der Waals surface area contributed by atoms with E-state index in [9.17, 15) is 35.5 Å². The van der Waals surface area contributed by atoms with Crippen molar-refractivity contribution in [3.05, 3.63) is 47.8 Å². The number of aliphatic carboxylic acids is 1. The zero-order valence-electron chi connectivity index (χ0n) is 22.3. The number of carboxylic acids is 1. The zero-order chi connectivity index (χ0) is 31.0. The minimum absolute atomic E-state index is 0.0270. The molecule has 5 rings (SSSR count). The number of halogens is 7. The normalized spacial score (nSPS) is 17.6. The smallest absolute Gasteiger partial charge is 0.475 e. The molecule has 10 nitrogen and oxygen atoms in total. The van der Waals surface area contributed by atoms with Crippen LogP contribution in [0.4, 0.5) is 52.7 Å². The number of pyridine rings is 2. The largest absolute Gasteiger partial charge is 0.490 e. The van der Waals surface area contributed by atoms with Gasteiger partial charge in [0.1, 0.15) is 11.5 Å². The number of hydrogen-bond acceptors (Lipinski definition) is 6. The van der Waals surface area contributed by atoms with Gasteiger partial charge in [0.15, 0.2) is 5.82 Å². The fraction of sp³-hybridized carbons (Fsp3) is 0.440. The second-order valence-electron chi connectivity index (χ2n) is 9.83. The number of imidazole rings is 1. The van der Waals surface area contributed by atoms with Gasteiger partial charge in [-0.2, -0.15) is 26.3 Å². The molecule has 42 heavy (non-hydrogen) atoms. The molecule has 2 aliphatic heterocycles. The van der Waals surface area contributed by atoms with Crippen LogP contribution in [0, 0.1) is 12.7 Å². The summed E-state index contributed by atoms with van der Waals surface area (Å²) in [7, 11) is 0. The Labute approximate surface area is 234 Å². The van der Waals surface area contributed by atoms with Crippen molar-refractivity contribution in [1.29, 1.82) is 0 Å². The lowest BCUT2D eigenvalue weighted by atomic mass is 10.1. The molecule has 2 amide bonds. The minimum atomic E-state index is -5.08. The number of alkyl halides is 6. The van der Waals surface area contributed by atoms with Crippen molar-refractivity contribution in [1.82, 2.24) is 19.3 Å². The SMILES string of the molecule is Cc1cn2cc(NC(=O)N3CCc4c(N5CCN(CC(F)(F)F)[C@@H](C)C5)ccnc43)c(F)cc2n1.O=C(O)C(F)(F)F. The minimum Gasteiger partial charge on any atom is -0.475 e. The van der Waals surface area contributed by atoms with E-state index in [0.29, 0.717) is 37.5 Å². The molecule has 1 saturated heterocycles. The number of amides is 2. The summed E-state index contributed by atoms with van der Waals surface area (Å²) in [5.41, 5.74) is 2.93. The van der Waals surface area contributed by atoms with Crippen molar-refractivity contribution in [2.24, 2.45) is 0 Å². The predicted octanol–water partition coefficient (Wildman–Crippen LogP) is 4.48. The Morgan fingerprint density at radius 2 is 1.81 bits per heavy atom. The molecule has 0 aliphatic carbocycles. The van der Waals surface area contributed by atoms with Crippen molar-refractivity contribution in [2.45, 2.75) is 38.7 Å². The maximum absolute atomic E-state index is 14.6. The van der Waals surface area contributed by atoms with Gasteiger partial charge < -0.3 is 19.7 Å². The van der Waals surface area contributed by atoms with Gasteiger partial charge in [-0.15, -0.1) is 0 Å². The van der Waals surface area contributed by atoms with Gasteiger partial charge in [0.25, 0.3) is 0 Å². The van der Waals surface area contributed by atoms with Gasteiger partial charge in [0.2, 0.25) is 0 Å². The molecule has 2 aliphatic rings. The van der Waals surface area contributed by atoms with Crippen LogP contribution >= 0.6 is 0 Å². The number of urea groups is 1. The van der Waals surface area contributed by atoms with E-state index in [1.54, 1.807) is 30.6 Å². The van der Waals surface area contributed by atoms with Gasteiger partial charge in [0.05, 0.1) is 17.9 Å². The van der Waals surface area contributed by atoms with Gasteiger partial charge in [0, 0.05) is 68.1 Å². The van der Waals surface area contributed by atoms with E-state index < -0.39 is 36.7 Å². The van der Waals surface area contributed by atoms with Gasteiger partial charge in [-0.3, -0.25) is 9.80 Å². The molecule has 0 aromatic carbocycles. The first-order valence-electron chi connectivity index (χ1n) is 12.6. The van der Waals surface area contributed by atoms with Crippen molar-refractivity contribution in [2.75, 3.05) is 47.8 Å². The second kappa shape index (κ2) is 11.6. The van der Waals surface area contributed by atoms with Crippen LogP contribution in [0.15, 0.2) is 30.7 Å². The number of carbonyl (C=O) groups is 2. The molecular formula is C25H26F7N7O3. The molecule has 0 radical (unpaired) electrons. The summed E-state index contributed by atoms with van der Waals surface area (Å²) in [5, 5.41) is 9.75. The Balaban J connectivity index is 0.000000517. The molecule has 3 aromatic rings. The number of nitrogens with zero attached hydrogens (tertiary/aromatic N) is 6. The van der Waals surface area contributed by atoms with Gasteiger partial charge in [-0.05, 0) is 26.3 Å². The third-order valence-electron chi connectivity index (χ3n) is 6.73. The van der Waals surface area contributed by atoms with Crippen molar-refractivity contribution >= 4 is 34.8 Å². The molecule has 2 N–H and O–H groups in total. The number of aryl methyl sites for hydroxylation is 1. The maximum atomic E-state index is 14.6. The lowest BCUT2D eigenvalue weighted by molar-refractivity contribution is -0.192. The number of nitrogens with one attached hydrogen (secondary N) is 1. The zero-order valence-corrected chi connectivity index (χ0v) is 22.3. The first-order chi connectivity index (χ1) is 19.5. The molecule has 1 fully saturated rings. The Morgan fingerprint density at radius 3 is 2.43 bits per heavy atom. The highest BCUT2D eigenvalue weighted by Gasteiger charge is 2.38. The Hall–Kier alpha value is -4.15. The number of rotatable bonds is 3. The van der Waals surface area contributed by atoms with E-state index in [0.717, 1.165) is 16.9 Å². The monoisotopic (exact) mass is 605 g/mol. The fourth-order valence-electron chi connectivity index (χ4n) is 4.86. The maximum Gasteiger partial charge on any atom is 0.490 e. The van der Waals surface area contributed by atoms with E-state index in [-0.39, 0.29) is 18.3 Å². The van der Waals surface area contributed by atoms with Crippen LogP contribution in [0.5, 0.6) is 0 Å². The van der Waals surface area contributed by atoms with Gasteiger partial charge >= 0.3 is 24.4 Å². The highest BCUT2D eigenvalue weighted by molar-refractivity contribution is 6.03. The molecule has 228 valence electrons. The quantitative estimate of drug-likeness (QED) is 0.425. The number of aromatic nitrogens is 3. The van der Waals surface area contributed by atoms with E-state index >= 15 is 0 Å². The molecule has 0 saturated carbocycles. The summed E-state index contributed by atoms with van der Waals surface area (Å²) in [5.74, 6) is -2.87. The van der Waals surface area contributed by atoms with E-state index in [1.807, 2.05) is 6.07 Å². The molecule has 0 bridgehead atoms. The molecule has 1 atom stereocenters. The van der Waals surface area contributed by atoms with Gasteiger partial charge in [-0.1, -0.05) is 0 Å². The summed E-state index contributed by atoms with van der Waals surface area (Å²) in [4.78, 5) is 35.5. The average molecular weight is 606 g/mol. The highest BCUT2D eigenvalue weighted by Crippen LogP contribution is 2.35. The number of anilines is 3. The summed E-state index contributed by atoms with van der Waals surface area (Å²) in [6, 6.07) is 2.31. The summed E-state index contributed by atoms with van der Waals surface area (Å²) in [6.07, 6.45) is -3.97. The second-order valence-corrected chi connectivity index (χ2v) is 9.83. The average Bonchev–Trinajstić information content (AvgIpc) is 3.47. The Morgan fingerprint density at radius 1 is 1.12 bits per heavy atom. The van der Waals surface area contributed by atoms with Crippen LogP contribution in [-0.4, -0.2) is 87.5 Å². The number of carboxylic acid groups (broad SMARTS) is 1. The van der Waals surface area contributed by atoms with Crippen molar-refractivity contribution in [3.63, 3.8) is 0 Å². The molecule has 0 unspecified atom stereocenters. The van der Waals surface area contributed by atoms with Crippen molar-refractivity contribution < 1.29 is 45.4 Å². The third kappa shape index (κ3) is 7.00. The Bertz CT molecular complexity index is 1480. The topological polar surface area (TPSA) is 106 Å². The van der Waals surface area contributed by atoms with Gasteiger partial charge in [-0.25, -0.2) is 23.9 Å². The molecule has 17 heteroatoms. The highest BCUT2D eigenvalue weighted by atomic mass is 19.4. The molecule has 5 heterocycles. The van der Waals surface area contributed by atoms with E-state index in [4.69, 9.17) is 9.90 Å². The van der Waals surface area contributed by atoms with E-state index in [1.165, 1.54) is 22.1 Å².